The summed E-state index contributed by atoms with van der Waals surface area (Å²) < 4.78 is 5.47. The average molecular weight is 287 g/mol. The molecule has 1 heterocycles. The van der Waals surface area contributed by atoms with E-state index in [1.54, 1.807) is 4.90 Å². The molecule has 1 aliphatic carbocycles. The van der Waals surface area contributed by atoms with Gasteiger partial charge >= 0.3 is 5.97 Å². The Labute approximate surface area is 122 Å². The van der Waals surface area contributed by atoms with E-state index >= 15 is 0 Å². The number of fused-ring (bicyclic) bond motifs is 1. The number of rotatable bonds is 5. The van der Waals surface area contributed by atoms with Crippen LogP contribution in [-0.4, -0.2) is 34.5 Å². The van der Waals surface area contributed by atoms with Crippen molar-refractivity contribution in [3.05, 3.63) is 41.5 Å². The van der Waals surface area contributed by atoms with Crippen molar-refractivity contribution in [2.45, 2.75) is 31.8 Å². The van der Waals surface area contributed by atoms with Crippen LogP contribution in [-0.2, 0) is 22.6 Å². The number of carboxylic acid groups (broad SMARTS) is 1. The Bertz CT molecular complexity index is 604. The molecule has 21 heavy (non-hydrogen) atoms. The standard InChI is InChI=1S/C16H17NO4/c18-15(5-6-16(19)20)17(13-2-3-13)10-11-1-4-14-12(9-11)7-8-21-14/h1,4-6,9,13H,2-3,7-8,10H2,(H,19,20)/b6-5-. The number of aliphatic carboxylic acids is 1. The summed E-state index contributed by atoms with van der Waals surface area (Å²) in [5, 5.41) is 8.62. The molecule has 0 atom stereocenters. The zero-order valence-corrected chi connectivity index (χ0v) is 11.6. The van der Waals surface area contributed by atoms with E-state index in [1.807, 2.05) is 12.1 Å². The molecular formula is C16H17NO4. The van der Waals surface area contributed by atoms with Crippen LogP contribution < -0.4 is 4.74 Å². The lowest BCUT2D eigenvalue weighted by Gasteiger charge is -2.21. The minimum absolute atomic E-state index is 0.237. The number of benzene rings is 1. The third-order valence-electron chi connectivity index (χ3n) is 3.75. The van der Waals surface area contributed by atoms with Gasteiger partial charge in [-0.3, -0.25) is 4.79 Å². The second-order valence-corrected chi connectivity index (χ2v) is 5.41. The fourth-order valence-corrected chi connectivity index (χ4v) is 2.55. The number of nitrogens with zero attached hydrogens (tertiary/aromatic N) is 1. The van der Waals surface area contributed by atoms with E-state index in [0.29, 0.717) is 13.2 Å². The number of carboxylic acids is 1. The largest absolute Gasteiger partial charge is 0.493 e. The summed E-state index contributed by atoms with van der Waals surface area (Å²) >= 11 is 0. The van der Waals surface area contributed by atoms with E-state index in [2.05, 4.69) is 6.07 Å². The number of carbonyl (C=O) groups is 2. The molecule has 1 aliphatic heterocycles. The zero-order valence-electron chi connectivity index (χ0n) is 11.6. The minimum Gasteiger partial charge on any atom is -0.493 e. The third-order valence-corrected chi connectivity index (χ3v) is 3.75. The van der Waals surface area contributed by atoms with Crippen molar-refractivity contribution in [2.75, 3.05) is 6.61 Å². The van der Waals surface area contributed by atoms with Crippen LogP contribution >= 0.6 is 0 Å². The maximum Gasteiger partial charge on any atom is 0.328 e. The normalized spacial score (nSPS) is 16.6. The van der Waals surface area contributed by atoms with Gasteiger partial charge in [-0.25, -0.2) is 4.79 Å². The van der Waals surface area contributed by atoms with E-state index in [4.69, 9.17) is 9.84 Å². The van der Waals surface area contributed by atoms with Gasteiger partial charge in [0.1, 0.15) is 5.75 Å². The van der Waals surface area contributed by atoms with Crippen molar-refractivity contribution in [1.29, 1.82) is 0 Å². The molecule has 1 saturated carbocycles. The first-order valence-corrected chi connectivity index (χ1v) is 7.10. The quantitative estimate of drug-likeness (QED) is 0.838. The molecule has 110 valence electrons. The topological polar surface area (TPSA) is 66.8 Å². The molecule has 2 aliphatic rings. The first-order valence-electron chi connectivity index (χ1n) is 7.10. The molecule has 0 saturated heterocycles. The predicted molar refractivity (Wildman–Crippen MR) is 76.0 cm³/mol. The Morgan fingerprint density at radius 3 is 2.86 bits per heavy atom. The Hall–Kier alpha value is -2.30. The van der Waals surface area contributed by atoms with Gasteiger partial charge in [-0.2, -0.15) is 0 Å². The summed E-state index contributed by atoms with van der Waals surface area (Å²) in [6.45, 7) is 1.23. The summed E-state index contributed by atoms with van der Waals surface area (Å²) in [5.41, 5.74) is 2.24. The second-order valence-electron chi connectivity index (χ2n) is 5.41. The van der Waals surface area contributed by atoms with Crippen molar-refractivity contribution in [1.82, 2.24) is 4.90 Å². The van der Waals surface area contributed by atoms with Crippen LogP contribution in [0.1, 0.15) is 24.0 Å². The third kappa shape index (κ3) is 3.24. The SMILES string of the molecule is O=C(O)/C=C\C(=O)N(Cc1ccc2c(c1)CCO2)C1CC1. The minimum atomic E-state index is -1.10. The summed E-state index contributed by atoms with van der Waals surface area (Å²) in [6.07, 6.45) is 4.91. The maximum atomic E-state index is 12.1. The van der Waals surface area contributed by atoms with Crippen LogP contribution in [0, 0.1) is 0 Å². The summed E-state index contributed by atoms with van der Waals surface area (Å²) in [6, 6.07) is 6.22. The van der Waals surface area contributed by atoms with Crippen molar-refractivity contribution in [3.63, 3.8) is 0 Å². The second kappa shape index (κ2) is 5.60. The molecule has 5 heteroatoms. The monoisotopic (exact) mass is 287 g/mol. The molecule has 0 unspecified atom stereocenters. The molecule has 1 N–H and O–H groups in total. The number of amides is 1. The van der Waals surface area contributed by atoms with Crippen molar-refractivity contribution >= 4 is 11.9 Å². The van der Waals surface area contributed by atoms with Gasteiger partial charge < -0.3 is 14.7 Å². The van der Waals surface area contributed by atoms with Gasteiger partial charge in [0.2, 0.25) is 5.91 Å². The van der Waals surface area contributed by atoms with Crippen LogP contribution in [0.25, 0.3) is 0 Å². The molecule has 0 spiro atoms. The van der Waals surface area contributed by atoms with Gasteiger partial charge in [0.05, 0.1) is 6.61 Å². The highest BCUT2D eigenvalue weighted by Crippen LogP contribution is 2.31. The van der Waals surface area contributed by atoms with Gasteiger partial charge in [0.25, 0.3) is 0 Å². The Kier molecular flexibility index (Phi) is 3.64. The fourth-order valence-electron chi connectivity index (χ4n) is 2.55. The molecule has 1 aromatic rings. The maximum absolute atomic E-state index is 12.1. The number of hydrogen-bond donors (Lipinski definition) is 1. The Balaban J connectivity index is 1.73. The van der Waals surface area contributed by atoms with Gasteiger partial charge in [0.15, 0.2) is 0 Å². The van der Waals surface area contributed by atoms with Crippen molar-refractivity contribution in [3.8, 4) is 5.75 Å². The lowest BCUT2D eigenvalue weighted by Crippen LogP contribution is -2.31. The van der Waals surface area contributed by atoms with E-state index in [9.17, 15) is 9.59 Å². The summed E-state index contributed by atoms with van der Waals surface area (Å²) in [5.74, 6) is -0.417. The lowest BCUT2D eigenvalue weighted by molar-refractivity contribution is -0.132. The average Bonchev–Trinajstić information content (AvgIpc) is 3.19. The fraction of sp³-hybridized carbons (Fsp3) is 0.375. The number of ether oxygens (including phenoxy) is 1. The molecule has 1 amide bonds. The summed E-state index contributed by atoms with van der Waals surface area (Å²) in [7, 11) is 0. The molecule has 3 rings (SSSR count). The molecule has 1 aromatic carbocycles. The molecular weight excluding hydrogens is 270 g/mol. The highest BCUT2D eigenvalue weighted by Gasteiger charge is 2.31. The molecule has 0 radical (unpaired) electrons. The highest BCUT2D eigenvalue weighted by molar-refractivity contribution is 5.94. The first-order chi connectivity index (χ1) is 10.1. The van der Waals surface area contributed by atoms with Crippen LogP contribution in [0.2, 0.25) is 0 Å². The van der Waals surface area contributed by atoms with Crippen LogP contribution in [0.5, 0.6) is 5.75 Å². The van der Waals surface area contributed by atoms with Gasteiger partial charge in [0, 0.05) is 31.2 Å². The van der Waals surface area contributed by atoms with E-state index in [1.165, 1.54) is 5.56 Å². The molecule has 0 aromatic heterocycles. The van der Waals surface area contributed by atoms with Gasteiger partial charge in [-0.05, 0) is 30.0 Å². The predicted octanol–water partition coefficient (Wildman–Crippen LogP) is 1.75. The molecule has 5 nitrogen and oxygen atoms in total. The van der Waals surface area contributed by atoms with Crippen LogP contribution in [0.3, 0.4) is 0 Å². The van der Waals surface area contributed by atoms with E-state index in [-0.39, 0.29) is 11.9 Å². The first kappa shape index (κ1) is 13.7. The lowest BCUT2D eigenvalue weighted by atomic mass is 10.1. The smallest absolute Gasteiger partial charge is 0.328 e. The number of carbonyl (C=O) groups excluding carboxylic acids is 1. The van der Waals surface area contributed by atoms with Crippen LogP contribution in [0.15, 0.2) is 30.4 Å². The Morgan fingerprint density at radius 1 is 1.33 bits per heavy atom. The van der Waals surface area contributed by atoms with E-state index in [0.717, 1.165) is 42.7 Å². The molecule has 1 fully saturated rings. The van der Waals surface area contributed by atoms with Crippen molar-refractivity contribution < 1.29 is 19.4 Å². The van der Waals surface area contributed by atoms with Crippen molar-refractivity contribution in [2.24, 2.45) is 0 Å². The zero-order chi connectivity index (χ0) is 14.8. The summed E-state index contributed by atoms with van der Waals surface area (Å²) in [4.78, 5) is 24.4. The highest BCUT2D eigenvalue weighted by atomic mass is 16.5. The van der Waals surface area contributed by atoms with Crippen LogP contribution in [0.4, 0.5) is 0 Å². The van der Waals surface area contributed by atoms with Gasteiger partial charge in [-0.1, -0.05) is 12.1 Å². The Morgan fingerprint density at radius 2 is 2.14 bits per heavy atom. The van der Waals surface area contributed by atoms with Gasteiger partial charge in [-0.15, -0.1) is 0 Å². The van der Waals surface area contributed by atoms with E-state index < -0.39 is 5.97 Å². The number of hydrogen-bond acceptors (Lipinski definition) is 3. The molecule has 0 bridgehead atoms.